The number of benzene rings is 1. The number of ether oxygens (including phenoxy) is 1. The number of rotatable bonds is 3. The van der Waals surface area contributed by atoms with Gasteiger partial charge in [0.15, 0.2) is 0 Å². The van der Waals surface area contributed by atoms with Crippen LogP contribution in [0, 0.1) is 5.92 Å². The van der Waals surface area contributed by atoms with E-state index in [1.165, 1.54) is 0 Å². The van der Waals surface area contributed by atoms with E-state index in [1.54, 1.807) is 7.11 Å². The highest BCUT2D eigenvalue weighted by Gasteiger charge is 2.26. The van der Waals surface area contributed by atoms with E-state index in [1.807, 2.05) is 18.2 Å². The first-order chi connectivity index (χ1) is 8.61. The Morgan fingerprint density at radius 2 is 1.94 bits per heavy atom. The number of halogens is 1. The Morgan fingerprint density at radius 3 is 2.50 bits per heavy atom. The van der Waals surface area contributed by atoms with Crippen LogP contribution in [0.15, 0.2) is 18.2 Å². The lowest BCUT2D eigenvalue weighted by atomic mass is 9.80. The molecular formula is C14H21ClN2O. The molecule has 0 aliphatic heterocycles. The van der Waals surface area contributed by atoms with E-state index in [-0.39, 0.29) is 6.04 Å². The van der Waals surface area contributed by atoms with Gasteiger partial charge >= 0.3 is 0 Å². The van der Waals surface area contributed by atoms with Crippen LogP contribution in [-0.4, -0.2) is 13.2 Å². The number of methoxy groups -OCH3 is 1. The van der Waals surface area contributed by atoms with E-state index < -0.39 is 0 Å². The minimum absolute atomic E-state index is 0.00379. The van der Waals surface area contributed by atoms with Crippen LogP contribution in [0.3, 0.4) is 0 Å². The van der Waals surface area contributed by atoms with Crippen molar-refractivity contribution in [2.75, 3.05) is 7.11 Å². The van der Waals surface area contributed by atoms with Gasteiger partial charge in [0.25, 0.3) is 0 Å². The first-order valence-corrected chi connectivity index (χ1v) is 6.84. The monoisotopic (exact) mass is 268 g/mol. The first-order valence-electron chi connectivity index (χ1n) is 6.46. The quantitative estimate of drug-likeness (QED) is 0.886. The molecule has 3 nitrogen and oxygen atoms in total. The van der Waals surface area contributed by atoms with Crippen LogP contribution in [0.4, 0.5) is 0 Å². The van der Waals surface area contributed by atoms with E-state index >= 15 is 0 Å². The highest BCUT2D eigenvalue weighted by molar-refractivity contribution is 6.31. The smallest absolute Gasteiger partial charge is 0.120 e. The van der Waals surface area contributed by atoms with E-state index in [2.05, 4.69) is 0 Å². The van der Waals surface area contributed by atoms with E-state index in [4.69, 9.17) is 27.8 Å². The molecule has 0 spiro atoms. The summed E-state index contributed by atoms with van der Waals surface area (Å²) in [4.78, 5) is 0. The minimum atomic E-state index is -0.00379. The lowest BCUT2D eigenvalue weighted by Gasteiger charge is -2.31. The van der Waals surface area contributed by atoms with E-state index in [0.29, 0.717) is 17.0 Å². The average molecular weight is 269 g/mol. The highest BCUT2D eigenvalue weighted by Crippen LogP contribution is 2.36. The van der Waals surface area contributed by atoms with Crippen LogP contribution >= 0.6 is 11.6 Å². The zero-order valence-corrected chi connectivity index (χ0v) is 11.5. The molecule has 1 fully saturated rings. The van der Waals surface area contributed by atoms with E-state index in [0.717, 1.165) is 37.0 Å². The van der Waals surface area contributed by atoms with Gasteiger partial charge in [-0.05, 0) is 49.3 Å². The molecule has 1 atom stereocenters. The van der Waals surface area contributed by atoms with Crippen LogP contribution in [-0.2, 0) is 0 Å². The maximum atomic E-state index is 6.34. The summed E-state index contributed by atoms with van der Waals surface area (Å²) in [5.41, 5.74) is 13.3. The molecule has 1 saturated carbocycles. The van der Waals surface area contributed by atoms with Gasteiger partial charge in [0, 0.05) is 17.1 Å². The lowest BCUT2D eigenvalue weighted by molar-refractivity contribution is 0.285. The Labute approximate surface area is 113 Å². The molecule has 0 bridgehead atoms. The molecule has 0 amide bonds. The summed E-state index contributed by atoms with van der Waals surface area (Å²) in [5, 5.41) is 0.691. The maximum absolute atomic E-state index is 6.34. The third kappa shape index (κ3) is 2.97. The van der Waals surface area contributed by atoms with Crippen molar-refractivity contribution < 1.29 is 4.74 Å². The van der Waals surface area contributed by atoms with Gasteiger partial charge in [-0.25, -0.2) is 0 Å². The van der Waals surface area contributed by atoms with Gasteiger partial charge in [-0.2, -0.15) is 0 Å². The van der Waals surface area contributed by atoms with Crippen molar-refractivity contribution in [1.82, 2.24) is 0 Å². The molecule has 1 unspecified atom stereocenters. The van der Waals surface area contributed by atoms with Crippen LogP contribution in [0.25, 0.3) is 0 Å². The normalized spacial score (nSPS) is 25.8. The van der Waals surface area contributed by atoms with Crippen molar-refractivity contribution in [3.63, 3.8) is 0 Å². The Hall–Kier alpha value is -0.770. The maximum Gasteiger partial charge on any atom is 0.120 e. The summed E-state index contributed by atoms with van der Waals surface area (Å²) in [6, 6.07) is 6.05. The number of hydrogen-bond donors (Lipinski definition) is 2. The molecule has 18 heavy (non-hydrogen) atoms. The lowest BCUT2D eigenvalue weighted by Crippen LogP contribution is -2.31. The molecule has 1 aliphatic rings. The van der Waals surface area contributed by atoms with Crippen molar-refractivity contribution in [3.8, 4) is 5.75 Å². The molecule has 4 heteroatoms. The Kier molecular flexibility index (Phi) is 4.49. The topological polar surface area (TPSA) is 61.3 Å². The Bertz CT molecular complexity index is 403. The first kappa shape index (κ1) is 13.7. The summed E-state index contributed by atoms with van der Waals surface area (Å²) < 4.78 is 5.15. The second kappa shape index (κ2) is 5.91. The standard InChI is InChI=1S/C14H21ClN2O/c1-18-11-6-7-12(13(15)8-11)14(17)9-2-4-10(16)5-3-9/h6-10,14H,2-5,16-17H2,1H3. The average Bonchev–Trinajstić information content (AvgIpc) is 2.38. The van der Waals surface area contributed by atoms with Crippen molar-refractivity contribution in [2.45, 2.75) is 37.8 Å². The second-order valence-electron chi connectivity index (χ2n) is 5.09. The SMILES string of the molecule is COc1ccc(C(N)C2CCC(N)CC2)c(Cl)c1. The zero-order valence-electron chi connectivity index (χ0n) is 10.7. The van der Waals surface area contributed by atoms with Crippen molar-refractivity contribution in [2.24, 2.45) is 17.4 Å². The van der Waals surface area contributed by atoms with Crippen LogP contribution in [0.2, 0.25) is 5.02 Å². The molecule has 0 saturated heterocycles. The van der Waals surface area contributed by atoms with Crippen LogP contribution < -0.4 is 16.2 Å². The number of nitrogens with two attached hydrogens (primary N) is 2. The van der Waals surface area contributed by atoms with E-state index in [9.17, 15) is 0 Å². The molecule has 4 N–H and O–H groups in total. The molecule has 100 valence electrons. The van der Waals surface area contributed by atoms with Crippen LogP contribution in [0.1, 0.15) is 37.3 Å². The predicted molar refractivity (Wildman–Crippen MR) is 74.9 cm³/mol. The van der Waals surface area contributed by atoms with Crippen molar-refractivity contribution in [3.05, 3.63) is 28.8 Å². The van der Waals surface area contributed by atoms with Gasteiger partial charge in [0.05, 0.1) is 7.11 Å². The fourth-order valence-electron chi connectivity index (χ4n) is 2.66. The van der Waals surface area contributed by atoms with Gasteiger partial charge in [-0.1, -0.05) is 17.7 Å². The minimum Gasteiger partial charge on any atom is -0.497 e. The summed E-state index contributed by atoms with van der Waals surface area (Å²) in [6.07, 6.45) is 4.30. The Morgan fingerprint density at radius 1 is 1.28 bits per heavy atom. The zero-order chi connectivity index (χ0) is 13.1. The van der Waals surface area contributed by atoms with Gasteiger partial charge in [0.2, 0.25) is 0 Å². The largest absolute Gasteiger partial charge is 0.497 e. The van der Waals surface area contributed by atoms with Crippen molar-refractivity contribution in [1.29, 1.82) is 0 Å². The van der Waals surface area contributed by atoms with Crippen molar-refractivity contribution >= 4 is 11.6 Å². The highest BCUT2D eigenvalue weighted by atomic mass is 35.5. The molecular weight excluding hydrogens is 248 g/mol. The summed E-state index contributed by atoms with van der Waals surface area (Å²) in [6.45, 7) is 0. The summed E-state index contributed by atoms with van der Waals surface area (Å²) in [7, 11) is 1.63. The molecule has 0 radical (unpaired) electrons. The molecule has 1 aromatic rings. The third-order valence-corrected chi connectivity index (χ3v) is 4.22. The molecule has 2 rings (SSSR count). The third-order valence-electron chi connectivity index (χ3n) is 3.89. The fraction of sp³-hybridized carbons (Fsp3) is 0.571. The summed E-state index contributed by atoms with van der Waals surface area (Å²) in [5.74, 6) is 1.25. The number of hydrogen-bond acceptors (Lipinski definition) is 3. The van der Waals surface area contributed by atoms with Gasteiger partial charge in [0.1, 0.15) is 5.75 Å². The molecule has 0 heterocycles. The summed E-state index contributed by atoms with van der Waals surface area (Å²) >= 11 is 6.27. The fourth-order valence-corrected chi connectivity index (χ4v) is 2.96. The second-order valence-corrected chi connectivity index (χ2v) is 5.50. The molecule has 1 aromatic carbocycles. The van der Waals surface area contributed by atoms with Gasteiger partial charge < -0.3 is 16.2 Å². The van der Waals surface area contributed by atoms with Crippen LogP contribution in [0.5, 0.6) is 5.75 Å². The molecule has 1 aliphatic carbocycles. The predicted octanol–water partition coefficient (Wildman–Crippen LogP) is 2.87. The van der Waals surface area contributed by atoms with Gasteiger partial charge in [-0.15, -0.1) is 0 Å². The molecule has 0 aromatic heterocycles. The van der Waals surface area contributed by atoms with Gasteiger partial charge in [-0.3, -0.25) is 0 Å². The Balaban J connectivity index is 2.11.